The van der Waals surface area contributed by atoms with Gasteiger partial charge in [0.2, 0.25) is 0 Å². The molecule has 10 heteroatoms. The van der Waals surface area contributed by atoms with Gasteiger partial charge in [0, 0.05) is 13.0 Å². The third kappa shape index (κ3) is 5.43. The number of hydrogen-bond donors (Lipinski definition) is 4. The average Bonchev–Trinajstić information content (AvgIpc) is 2.86. The lowest BCUT2D eigenvalue weighted by atomic mass is 10.1. The summed E-state index contributed by atoms with van der Waals surface area (Å²) in [5.41, 5.74) is 0.712. The third-order valence-corrected chi connectivity index (χ3v) is 3.60. The maximum Gasteiger partial charge on any atom is 0.324 e. The maximum absolute atomic E-state index is 13.7. The second kappa shape index (κ2) is 11.1. The number of likely N-dealkylation sites (N-methyl/N-ethyl adjacent to an activating group) is 1. The number of benzene rings is 1. The van der Waals surface area contributed by atoms with Gasteiger partial charge >= 0.3 is 5.97 Å². The third-order valence-electron chi connectivity index (χ3n) is 3.60. The summed E-state index contributed by atoms with van der Waals surface area (Å²) in [7, 11) is 1.42. The summed E-state index contributed by atoms with van der Waals surface area (Å²) in [6.07, 6.45) is 1.16. The maximum atomic E-state index is 13.7. The molecule has 0 bridgehead atoms. The van der Waals surface area contributed by atoms with Crippen molar-refractivity contribution in [3.8, 4) is 0 Å². The molecule has 0 aromatic heterocycles. The van der Waals surface area contributed by atoms with Gasteiger partial charge in [-0.3, -0.25) is 31.0 Å². The van der Waals surface area contributed by atoms with Crippen LogP contribution in [0.4, 0.5) is 4.39 Å². The molecule has 1 heterocycles. The molecule has 1 unspecified atom stereocenters. The zero-order chi connectivity index (χ0) is 19.0. The number of nitrogens with one attached hydrogen (secondary N) is 1. The van der Waals surface area contributed by atoms with E-state index in [1.165, 1.54) is 7.05 Å². The molecule has 8 N–H and O–H groups in total. The Morgan fingerprint density at radius 3 is 2.19 bits per heavy atom. The Kier molecular flexibility index (Phi) is 9.92. The second-order valence-corrected chi connectivity index (χ2v) is 5.13. The van der Waals surface area contributed by atoms with Crippen molar-refractivity contribution in [2.45, 2.75) is 18.9 Å². The molecule has 144 valence electrons. The molecule has 9 nitrogen and oxygen atoms in total. The van der Waals surface area contributed by atoms with Crippen LogP contribution in [0.15, 0.2) is 36.2 Å². The van der Waals surface area contributed by atoms with E-state index in [4.69, 9.17) is 5.11 Å². The Hall–Kier alpha value is -2.66. The van der Waals surface area contributed by atoms with Gasteiger partial charge in [0.05, 0.1) is 17.0 Å². The zero-order valence-corrected chi connectivity index (χ0v) is 14.2. The van der Waals surface area contributed by atoms with E-state index in [0.29, 0.717) is 11.1 Å². The Morgan fingerprint density at radius 1 is 1.27 bits per heavy atom. The van der Waals surface area contributed by atoms with E-state index in [1.807, 2.05) is 0 Å². The predicted molar refractivity (Wildman–Crippen MR) is 92.7 cm³/mol. The zero-order valence-electron chi connectivity index (χ0n) is 14.2. The van der Waals surface area contributed by atoms with Crippen molar-refractivity contribution in [1.29, 1.82) is 0 Å². The number of aliphatic carboxylic acids is 1. The number of nitrogens with two attached hydrogens (primary N) is 2. The summed E-state index contributed by atoms with van der Waals surface area (Å²) in [4.78, 5) is 36.1. The van der Waals surface area contributed by atoms with Crippen LogP contribution in [0.25, 0.3) is 0 Å². The van der Waals surface area contributed by atoms with Gasteiger partial charge in [0.15, 0.2) is 0 Å². The normalized spacial score (nSPS) is 14.2. The Labute approximate surface area is 149 Å². The first-order chi connectivity index (χ1) is 12.0. The van der Waals surface area contributed by atoms with Gasteiger partial charge in [0.1, 0.15) is 6.04 Å². The van der Waals surface area contributed by atoms with E-state index in [0.717, 1.165) is 11.0 Å². The molecule has 0 saturated carbocycles. The van der Waals surface area contributed by atoms with Crippen LogP contribution in [0.1, 0.15) is 33.6 Å². The summed E-state index contributed by atoms with van der Waals surface area (Å²) in [6, 6.07) is 5.43. The topological polar surface area (TPSA) is 170 Å². The molecular formula is C16H23FN4O5. The highest BCUT2D eigenvalue weighted by Crippen LogP contribution is 2.23. The molecule has 1 atom stereocenters. The number of hydrogen-bond acceptors (Lipinski definition) is 6. The number of nitrogens with zero attached hydrogens (tertiary/aromatic N) is 1. The van der Waals surface area contributed by atoms with Gasteiger partial charge < -0.3 is 15.9 Å². The number of carbonyl (C=O) groups is 3. The van der Waals surface area contributed by atoms with Gasteiger partial charge in [-0.25, -0.2) is 4.39 Å². The first kappa shape index (κ1) is 23.3. The van der Waals surface area contributed by atoms with E-state index < -0.39 is 17.8 Å². The first-order valence-electron chi connectivity index (χ1n) is 7.50. The predicted octanol–water partition coefficient (Wildman–Crippen LogP) is -0.417. The number of fused-ring (bicyclic) bond motifs is 1. The average molecular weight is 370 g/mol. The minimum absolute atomic E-state index is 0. The highest BCUT2D eigenvalue weighted by atomic mass is 19.1. The minimum Gasteiger partial charge on any atom is -0.480 e. The fourth-order valence-corrected chi connectivity index (χ4v) is 2.39. The number of halogens is 1. The molecule has 0 fully saturated rings. The molecule has 1 aromatic rings. The number of allylic oxidation sites excluding steroid dienone is 1. The van der Waals surface area contributed by atoms with Gasteiger partial charge in [-0.15, -0.1) is 0 Å². The number of imide groups is 1. The largest absolute Gasteiger partial charge is 0.480 e. The molecule has 2 amide bonds. The molecule has 2 rings (SSSR count). The molecule has 0 aliphatic carbocycles. The molecule has 1 aliphatic rings. The number of carboxylic acids is 1. The fraction of sp³-hybridized carbons (Fsp3) is 0.312. The van der Waals surface area contributed by atoms with Crippen LogP contribution in [-0.4, -0.2) is 52.9 Å². The number of carbonyl (C=O) groups excluding carboxylic acids is 2. The number of rotatable bonds is 7. The molecule has 26 heavy (non-hydrogen) atoms. The monoisotopic (exact) mass is 370 g/mol. The molecule has 0 saturated heterocycles. The van der Waals surface area contributed by atoms with E-state index in [9.17, 15) is 18.8 Å². The van der Waals surface area contributed by atoms with Crippen LogP contribution in [-0.2, 0) is 4.79 Å². The summed E-state index contributed by atoms with van der Waals surface area (Å²) in [5, 5.41) is 11.3. The highest BCUT2D eigenvalue weighted by Gasteiger charge is 2.34. The summed E-state index contributed by atoms with van der Waals surface area (Å²) >= 11 is 0. The Bertz CT molecular complexity index is 645. The standard InChI is InChI=1S/C16H17FN2O4.H4N2.H2O/c1-18-13(16(22)23)9-10(17)5-4-8-19-14(20)11-6-2-3-7-12(11)15(19)21;1-2;/h2-3,6-7,9,13,18H,4-5,8H2,1H3,(H,22,23);1-2H2;1H2/b10-9-;;. The van der Waals surface area contributed by atoms with Crippen molar-refractivity contribution >= 4 is 17.8 Å². The van der Waals surface area contributed by atoms with E-state index in [2.05, 4.69) is 17.0 Å². The van der Waals surface area contributed by atoms with Crippen molar-refractivity contribution in [1.82, 2.24) is 10.2 Å². The van der Waals surface area contributed by atoms with Crippen LogP contribution in [0.5, 0.6) is 0 Å². The van der Waals surface area contributed by atoms with Gasteiger partial charge in [-0.2, -0.15) is 0 Å². The van der Waals surface area contributed by atoms with E-state index in [1.54, 1.807) is 24.3 Å². The van der Waals surface area contributed by atoms with Crippen molar-refractivity contribution in [3.05, 3.63) is 47.3 Å². The summed E-state index contributed by atoms with van der Waals surface area (Å²) in [6.45, 7) is 0.0882. The molecule has 0 spiro atoms. The molecule has 1 aliphatic heterocycles. The smallest absolute Gasteiger partial charge is 0.324 e. The number of hydrazine groups is 1. The van der Waals surface area contributed by atoms with Crippen molar-refractivity contribution < 1.29 is 29.4 Å². The summed E-state index contributed by atoms with van der Waals surface area (Å²) in [5.74, 6) is 5.47. The lowest BCUT2D eigenvalue weighted by Gasteiger charge is -2.13. The van der Waals surface area contributed by atoms with Crippen LogP contribution >= 0.6 is 0 Å². The first-order valence-corrected chi connectivity index (χ1v) is 7.50. The van der Waals surface area contributed by atoms with Crippen LogP contribution in [0.3, 0.4) is 0 Å². The fourth-order valence-electron chi connectivity index (χ4n) is 2.39. The van der Waals surface area contributed by atoms with Gasteiger partial charge in [-0.1, -0.05) is 12.1 Å². The minimum atomic E-state index is -1.18. The van der Waals surface area contributed by atoms with E-state index in [-0.39, 0.29) is 36.7 Å². The van der Waals surface area contributed by atoms with Crippen molar-refractivity contribution in [3.63, 3.8) is 0 Å². The lowest BCUT2D eigenvalue weighted by Crippen LogP contribution is -2.32. The van der Waals surface area contributed by atoms with Crippen molar-refractivity contribution in [2.75, 3.05) is 13.6 Å². The quantitative estimate of drug-likeness (QED) is 0.287. The summed E-state index contributed by atoms with van der Waals surface area (Å²) < 4.78 is 13.7. The lowest BCUT2D eigenvalue weighted by molar-refractivity contribution is -0.138. The Balaban J connectivity index is 0.00000201. The van der Waals surface area contributed by atoms with Gasteiger partial charge in [-0.05, 0) is 31.7 Å². The number of carboxylic acid groups (broad SMARTS) is 1. The SMILES string of the molecule is CNC(/C=C(\F)CCCN1C(=O)c2ccccc2C1=O)C(=O)O.NN.O. The Morgan fingerprint density at radius 2 is 1.77 bits per heavy atom. The second-order valence-electron chi connectivity index (χ2n) is 5.13. The van der Waals surface area contributed by atoms with Crippen LogP contribution in [0.2, 0.25) is 0 Å². The van der Waals surface area contributed by atoms with Crippen LogP contribution < -0.4 is 17.0 Å². The number of amides is 2. The highest BCUT2D eigenvalue weighted by molar-refractivity contribution is 6.21. The van der Waals surface area contributed by atoms with E-state index >= 15 is 0 Å². The van der Waals surface area contributed by atoms with Crippen LogP contribution in [0, 0.1) is 0 Å². The molecule has 0 radical (unpaired) electrons. The van der Waals surface area contributed by atoms with Gasteiger partial charge in [0.25, 0.3) is 11.8 Å². The van der Waals surface area contributed by atoms with Crippen molar-refractivity contribution in [2.24, 2.45) is 11.7 Å². The molecular weight excluding hydrogens is 347 g/mol. The molecule has 1 aromatic carbocycles.